The number of methoxy groups -OCH3 is 2. The minimum absolute atomic E-state index is 0.0230. The molecular formula is C19H19NO5. The van der Waals surface area contributed by atoms with Crippen molar-refractivity contribution in [2.45, 2.75) is 12.5 Å². The summed E-state index contributed by atoms with van der Waals surface area (Å²) in [6, 6.07) is 10.4. The third-order valence-corrected chi connectivity index (χ3v) is 4.28. The molecular weight excluding hydrogens is 322 g/mol. The third kappa shape index (κ3) is 3.24. The maximum absolute atomic E-state index is 11.7. The number of phenols is 1. The molecule has 0 saturated heterocycles. The number of fused-ring (bicyclic) bond motifs is 1. The quantitative estimate of drug-likeness (QED) is 0.887. The fraction of sp³-hybridized carbons (Fsp3) is 0.211. The molecule has 2 N–H and O–H groups in total. The molecule has 1 heterocycles. The lowest BCUT2D eigenvalue weighted by molar-refractivity contribution is 0.147. The fourth-order valence-corrected chi connectivity index (χ4v) is 3.04. The zero-order chi connectivity index (χ0) is 18.0. The third-order valence-electron chi connectivity index (χ3n) is 4.28. The number of carboxylic acid groups (broad SMARTS) is 1. The van der Waals surface area contributed by atoms with E-state index in [0.29, 0.717) is 17.9 Å². The fourth-order valence-electron chi connectivity index (χ4n) is 3.04. The molecule has 2 aromatic carbocycles. The van der Waals surface area contributed by atoms with E-state index in [9.17, 15) is 15.0 Å². The number of phenolic OH excluding ortho intramolecular Hbond substituents is 1. The maximum atomic E-state index is 11.7. The van der Waals surface area contributed by atoms with Crippen LogP contribution in [0.25, 0.3) is 6.08 Å². The van der Waals surface area contributed by atoms with Gasteiger partial charge < -0.3 is 19.7 Å². The van der Waals surface area contributed by atoms with E-state index in [2.05, 4.69) is 0 Å². The van der Waals surface area contributed by atoms with Crippen molar-refractivity contribution in [3.05, 3.63) is 59.3 Å². The Kier molecular flexibility index (Phi) is 4.52. The molecule has 1 atom stereocenters. The summed E-state index contributed by atoms with van der Waals surface area (Å²) in [6.45, 7) is 0. The standard InChI is InChI=1S/C19H19NO5/c1-24-14-5-3-4-12(8-14)9-16-15-11-18(25-2)17(21)10-13(15)6-7-20(16)19(22)23/h3-8,10-11,16,21H,9H2,1-2H3,(H,22,23). The highest BCUT2D eigenvalue weighted by Gasteiger charge is 2.29. The topological polar surface area (TPSA) is 79.2 Å². The van der Waals surface area contributed by atoms with Crippen LogP contribution in [-0.4, -0.2) is 35.4 Å². The van der Waals surface area contributed by atoms with Gasteiger partial charge in [-0.25, -0.2) is 4.79 Å². The average Bonchev–Trinajstić information content (AvgIpc) is 2.61. The van der Waals surface area contributed by atoms with Crippen LogP contribution in [0.1, 0.15) is 22.7 Å². The predicted octanol–water partition coefficient (Wildman–Crippen LogP) is 3.66. The van der Waals surface area contributed by atoms with Crippen molar-refractivity contribution in [1.82, 2.24) is 4.90 Å². The number of ether oxygens (including phenoxy) is 2. The van der Waals surface area contributed by atoms with Crippen LogP contribution in [0.3, 0.4) is 0 Å². The van der Waals surface area contributed by atoms with E-state index in [1.807, 2.05) is 24.3 Å². The Morgan fingerprint density at radius 2 is 2.00 bits per heavy atom. The molecule has 3 rings (SSSR count). The summed E-state index contributed by atoms with van der Waals surface area (Å²) in [6.07, 6.45) is 2.61. The molecule has 0 saturated carbocycles. The molecule has 130 valence electrons. The van der Waals surface area contributed by atoms with Gasteiger partial charge in [-0.3, -0.25) is 4.90 Å². The van der Waals surface area contributed by atoms with Gasteiger partial charge in [-0.2, -0.15) is 0 Å². The van der Waals surface area contributed by atoms with Crippen LogP contribution in [0.15, 0.2) is 42.6 Å². The van der Waals surface area contributed by atoms with E-state index >= 15 is 0 Å². The molecule has 1 amide bonds. The first kappa shape index (κ1) is 16.7. The van der Waals surface area contributed by atoms with Crippen LogP contribution < -0.4 is 9.47 Å². The molecule has 0 aliphatic carbocycles. The van der Waals surface area contributed by atoms with Gasteiger partial charge in [0.2, 0.25) is 0 Å². The Bertz CT molecular complexity index is 831. The zero-order valence-electron chi connectivity index (χ0n) is 14.0. The first-order valence-electron chi connectivity index (χ1n) is 7.76. The summed E-state index contributed by atoms with van der Waals surface area (Å²) in [5.74, 6) is 1.05. The SMILES string of the molecule is COc1cccc(CC2c3cc(OC)c(O)cc3C=CN2C(=O)O)c1. The van der Waals surface area contributed by atoms with Gasteiger partial charge in [0.15, 0.2) is 11.5 Å². The number of hydrogen-bond donors (Lipinski definition) is 2. The lowest BCUT2D eigenvalue weighted by Crippen LogP contribution is -2.32. The van der Waals surface area contributed by atoms with E-state index in [1.54, 1.807) is 25.3 Å². The predicted molar refractivity (Wildman–Crippen MR) is 93.0 cm³/mol. The lowest BCUT2D eigenvalue weighted by atomic mass is 9.91. The van der Waals surface area contributed by atoms with Gasteiger partial charge >= 0.3 is 6.09 Å². The highest BCUT2D eigenvalue weighted by molar-refractivity contribution is 5.73. The number of nitrogens with zero attached hydrogens (tertiary/aromatic N) is 1. The average molecular weight is 341 g/mol. The number of rotatable bonds is 4. The largest absolute Gasteiger partial charge is 0.504 e. The summed E-state index contributed by atoms with van der Waals surface area (Å²) >= 11 is 0. The summed E-state index contributed by atoms with van der Waals surface area (Å²) < 4.78 is 10.4. The van der Waals surface area contributed by atoms with E-state index in [1.165, 1.54) is 18.2 Å². The van der Waals surface area contributed by atoms with Crippen molar-refractivity contribution in [3.63, 3.8) is 0 Å². The van der Waals surface area contributed by atoms with Gasteiger partial charge in [-0.05, 0) is 53.5 Å². The smallest absolute Gasteiger partial charge is 0.411 e. The highest BCUT2D eigenvalue weighted by Crippen LogP contribution is 2.39. The van der Waals surface area contributed by atoms with Crippen molar-refractivity contribution in [3.8, 4) is 17.2 Å². The van der Waals surface area contributed by atoms with E-state index in [-0.39, 0.29) is 5.75 Å². The number of aromatic hydroxyl groups is 1. The van der Waals surface area contributed by atoms with E-state index in [4.69, 9.17) is 9.47 Å². The first-order valence-corrected chi connectivity index (χ1v) is 7.76. The Morgan fingerprint density at radius 1 is 1.20 bits per heavy atom. The first-order chi connectivity index (χ1) is 12.0. The lowest BCUT2D eigenvalue weighted by Gasteiger charge is -2.32. The van der Waals surface area contributed by atoms with Crippen molar-refractivity contribution in [2.24, 2.45) is 0 Å². The van der Waals surface area contributed by atoms with Crippen molar-refractivity contribution < 1.29 is 24.5 Å². The van der Waals surface area contributed by atoms with Crippen LogP contribution in [0.2, 0.25) is 0 Å². The van der Waals surface area contributed by atoms with Crippen LogP contribution in [0.5, 0.6) is 17.2 Å². The minimum Gasteiger partial charge on any atom is -0.504 e. The molecule has 25 heavy (non-hydrogen) atoms. The molecule has 6 nitrogen and oxygen atoms in total. The second-order valence-electron chi connectivity index (χ2n) is 5.73. The van der Waals surface area contributed by atoms with Crippen molar-refractivity contribution in [2.75, 3.05) is 14.2 Å². The summed E-state index contributed by atoms with van der Waals surface area (Å²) in [4.78, 5) is 12.9. The van der Waals surface area contributed by atoms with Crippen LogP contribution in [0, 0.1) is 0 Å². The highest BCUT2D eigenvalue weighted by atomic mass is 16.5. The molecule has 1 aliphatic rings. The van der Waals surface area contributed by atoms with Crippen molar-refractivity contribution in [1.29, 1.82) is 0 Å². The van der Waals surface area contributed by atoms with Gasteiger partial charge in [0.1, 0.15) is 5.75 Å². The summed E-state index contributed by atoms with van der Waals surface area (Å²) in [7, 11) is 3.06. The molecule has 1 unspecified atom stereocenters. The zero-order valence-corrected chi connectivity index (χ0v) is 14.0. The molecule has 0 spiro atoms. The molecule has 0 radical (unpaired) electrons. The van der Waals surface area contributed by atoms with Crippen LogP contribution in [-0.2, 0) is 6.42 Å². The second-order valence-corrected chi connectivity index (χ2v) is 5.73. The summed E-state index contributed by atoms with van der Waals surface area (Å²) in [5.41, 5.74) is 2.50. The molecule has 2 aromatic rings. The Labute approximate surface area is 145 Å². The van der Waals surface area contributed by atoms with Gasteiger partial charge in [-0.1, -0.05) is 12.1 Å². The number of amides is 1. The van der Waals surface area contributed by atoms with Gasteiger partial charge in [0.25, 0.3) is 0 Å². The molecule has 0 bridgehead atoms. The molecule has 0 aromatic heterocycles. The van der Waals surface area contributed by atoms with Gasteiger partial charge in [-0.15, -0.1) is 0 Å². The second kappa shape index (κ2) is 6.76. The monoisotopic (exact) mass is 341 g/mol. The Hall–Kier alpha value is -3.15. The number of carbonyl (C=O) groups is 1. The van der Waals surface area contributed by atoms with Crippen molar-refractivity contribution >= 4 is 12.2 Å². The molecule has 1 aliphatic heterocycles. The Balaban J connectivity index is 2.04. The van der Waals surface area contributed by atoms with Gasteiger partial charge in [0, 0.05) is 6.20 Å². The number of benzene rings is 2. The summed E-state index contributed by atoms with van der Waals surface area (Å²) in [5, 5.41) is 19.5. The normalized spacial score (nSPS) is 15.6. The maximum Gasteiger partial charge on any atom is 0.411 e. The van der Waals surface area contributed by atoms with E-state index < -0.39 is 12.1 Å². The minimum atomic E-state index is -1.04. The number of hydrogen-bond acceptors (Lipinski definition) is 4. The Morgan fingerprint density at radius 3 is 2.68 bits per heavy atom. The van der Waals surface area contributed by atoms with E-state index in [0.717, 1.165) is 16.7 Å². The molecule has 0 fully saturated rings. The molecule has 6 heteroatoms. The van der Waals surface area contributed by atoms with Crippen LogP contribution in [0.4, 0.5) is 4.79 Å². The van der Waals surface area contributed by atoms with Gasteiger partial charge in [0.05, 0.1) is 20.3 Å². The van der Waals surface area contributed by atoms with Crippen LogP contribution >= 0.6 is 0 Å².